The first-order valence-corrected chi connectivity index (χ1v) is 8.23. The van der Waals surface area contributed by atoms with E-state index in [1.54, 1.807) is 12.2 Å². The van der Waals surface area contributed by atoms with Gasteiger partial charge in [0.2, 0.25) is 0 Å². The van der Waals surface area contributed by atoms with Crippen LogP contribution in [0.3, 0.4) is 0 Å². The average Bonchev–Trinajstić information content (AvgIpc) is 2.54. The fourth-order valence-electron chi connectivity index (χ4n) is 2.23. The molecule has 0 aliphatic carbocycles. The van der Waals surface area contributed by atoms with Crippen LogP contribution >= 0.6 is 11.6 Å². The standard InChI is InChI=1S/C22H21ClO/c1-16-5-4-6-19(13-16)9-11-21(23)15-22(24)12-10-20-8-7-17(2)18(3)14-20/h4-15H,1-3H3/b11-9+,12-10+,21-15-. The largest absolute Gasteiger partial charge is 0.290 e. The fourth-order valence-corrected chi connectivity index (χ4v) is 2.40. The molecule has 0 atom stereocenters. The number of hydrogen-bond acceptors (Lipinski definition) is 1. The van der Waals surface area contributed by atoms with Gasteiger partial charge in [0, 0.05) is 11.1 Å². The van der Waals surface area contributed by atoms with Crippen molar-refractivity contribution >= 4 is 29.5 Å². The lowest BCUT2D eigenvalue weighted by Gasteiger charge is -2.00. The van der Waals surface area contributed by atoms with Gasteiger partial charge in [0.1, 0.15) is 0 Å². The van der Waals surface area contributed by atoms with Crippen LogP contribution in [0, 0.1) is 20.8 Å². The molecule has 0 spiro atoms. The van der Waals surface area contributed by atoms with E-state index in [4.69, 9.17) is 11.6 Å². The second-order valence-corrected chi connectivity index (χ2v) is 6.29. The van der Waals surface area contributed by atoms with Crippen LogP contribution in [0.5, 0.6) is 0 Å². The average molecular weight is 337 g/mol. The summed E-state index contributed by atoms with van der Waals surface area (Å²) in [5.74, 6) is -0.132. The summed E-state index contributed by atoms with van der Waals surface area (Å²) < 4.78 is 0. The third-order valence-electron chi connectivity index (χ3n) is 3.73. The highest BCUT2D eigenvalue weighted by molar-refractivity contribution is 6.33. The quantitative estimate of drug-likeness (QED) is 0.481. The van der Waals surface area contributed by atoms with Gasteiger partial charge in [-0.2, -0.15) is 0 Å². The van der Waals surface area contributed by atoms with Crippen molar-refractivity contribution in [2.45, 2.75) is 20.8 Å². The highest BCUT2D eigenvalue weighted by Crippen LogP contribution is 2.13. The number of halogens is 1. The van der Waals surface area contributed by atoms with Crippen molar-refractivity contribution in [1.82, 2.24) is 0 Å². The van der Waals surface area contributed by atoms with Crippen LogP contribution in [0.4, 0.5) is 0 Å². The minimum Gasteiger partial charge on any atom is -0.290 e. The molecule has 0 N–H and O–H groups in total. The summed E-state index contributed by atoms with van der Waals surface area (Å²) in [6, 6.07) is 14.2. The molecule has 0 saturated heterocycles. The van der Waals surface area contributed by atoms with Gasteiger partial charge in [-0.25, -0.2) is 0 Å². The zero-order valence-corrected chi connectivity index (χ0v) is 15.0. The number of benzene rings is 2. The second kappa shape index (κ2) is 8.47. The summed E-state index contributed by atoms with van der Waals surface area (Å²) in [5.41, 5.74) is 5.69. The first kappa shape index (κ1) is 18.0. The molecule has 2 aromatic carbocycles. The Balaban J connectivity index is 2.02. The highest BCUT2D eigenvalue weighted by Gasteiger charge is 1.96. The molecule has 0 saturated carbocycles. The van der Waals surface area contributed by atoms with Gasteiger partial charge in [-0.05, 0) is 55.2 Å². The van der Waals surface area contributed by atoms with E-state index in [1.165, 1.54) is 28.8 Å². The van der Waals surface area contributed by atoms with Crippen LogP contribution in [0.1, 0.15) is 27.8 Å². The van der Waals surface area contributed by atoms with Crippen LogP contribution in [0.15, 0.2) is 65.7 Å². The van der Waals surface area contributed by atoms with Crippen molar-refractivity contribution in [2.75, 3.05) is 0 Å². The van der Waals surface area contributed by atoms with E-state index >= 15 is 0 Å². The number of ketones is 1. The summed E-state index contributed by atoms with van der Waals surface area (Å²) in [6.45, 7) is 6.16. The molecule has 0 aliphatic rings. The Morgan fingerprint density at radius 3 is 2.29 bits per heavy atom. The Morgan fingerprint density at radius 2 is 1.58 bits per heavy atom. The van der Waals surface area contributed by atoms with E-state index in [1.807, 2.05) is 43.3 Å². The van der Waals surface area contributed by atoms with Gasteiger partial charge in [-0.1, -0.05) is 71.8 Å². The van der Waals surface area contributed by atoms with Crippen LogP contribution in [0.25, 0.3) is 12.2 Å². The van der Waals surface area contributed by atoms with Crippen molar-refractivity contribution in [1.29, 1.82) is 0 Å². The predicted octanol–water partition coefficient (Wildman–Crippen LogP) is 6.03. The lowest BCUT2D eigenvalue weighted by molar-refractivity contribution is -0.110. The topological polar surface area (TPSA) is 17.1 Å². The van der Waals surface area contributed by atoms with Crippen LogP contribution in [0.2, 0.25) is 0 Å². The van der Waals surface area contributed by atoms with Crippen molar-refractivity contribution in [2.24, 2.45) is 0 Å². The number of carbonyl (C=O) groups excluding carboxylic acids is 1. The summed E-state index contributed by atoms with van der Waals surface area (Å²) >= 11 is 6.11. The van der Waals surface area contributed by atoms with E-state index < -0.39 is 0 Å². The molecule has 2 rings (SSSR count). The van der Waals surface area contributed by atoms with Gasteiger partial charge in [0.05, 0.1) is 0 Å². The maximum atomic E-state index is 12.0. The van der Waals surface area contributed by atoms with Gasteiger partial charge in [-0.3, -0.25) is 4.79 Å². The van der Waals surface area contributed by atoms with Gasteiger partial charge in [-0.15, -0.1) is 0 Å². The normalized spacial score (nSPS) is 12.2. The lowest BCUT2D eigenvalue weighted by atomic mass is 10.1. The van der Waals surface area contributed by atoms with Crippen molar-refractivity contribution < 1.29 is 4.79 Å². The molecule has 2 heteroatoms. The molecule has 0 aliphatic heterocycles. The zero-order valence-electron chi connectivity index (χ0n) is 14.2. The summed E-state index contributed by atoms with van der Waals surface area (Å²) in [4.78, 5) is 12.0. The van der Waals surface area contributed by atoms with Gasteiger partial charge in [0.15, 0.2) is 5.78 Å². The van der Waals surface area contributed by atoms with Crippen LogP contribution in [-0.4, -0.2) is 5.78 Å². The van der Waals surface area contributed by atoms with E-state index in [9.17, 15) is 4.79 Å². The number of aryl methyl sites for hydroxylation is 3. The first-order valence-electron chi connectivity index (χ1n) is 7.85. The van der Waals surface area contributed by atoms with Gasteiger partial charge < -0.3 is 0 Å². The molecular formula is C22H21ClO. The molecule has 0 heterocycles. The van der Waals surface area contributed by atoms with E-state index in [0.29, 0.717) is 5.03 Å². The minimum absolute atomic E-state index is 0.132. The van der Waals surface area contributed by atoms with Crippen LogP contribution in [-0.2, 0) is 4.79 Å². The molecule has 0 amide bonds. The number of rotatable bonds is 5. The number of allylic oxidation sites excluding steroid dienone is 4. The minimum atomic E-state index is -0.132. The number of carbonyl (C=O) groups is 1. The van der Waals surface area contributed by atoms with Gasteiger partial charge >= 0.3 is 0 Å². The molecule has 1 nitrogen and oxygen atoms in total. The van der Waals surface area contributed by atoms with Gasteiger partial charge in [0.25, 0.3) is 0 Å². The monoisotopic (exact) mass is 336 g/mol. The Bertz CT molecular complexity index is 826. The lowest BCUT2D eigenvalue weighted by Crippen LogP contribution is -1.87. The van der Waals surface area contributed by atoms with E-state index in [2.05, 4.69) is 26.0 Å². The second-order valence-electron chi connectivity index (χ2n) is 5.86. The van der Waals surface area contributed by atoms with Crippen molar-refractivity contribution in [3.05, 3.63) is 93.5 Å². The Kier molecular flexibility index (Phi) is 6.34. The molecule has 0 unspecified atom stereocenters. The predicted molar refractivity (Wildman–Crippen MR) is 104 cm³/mol. The Labute approximate surface area is 149 Å². The summed E-state index contributed by atoms with van der Waals surface area (Å²) in [7, 11) is 0. The van der Waals surface area contributed by atoms with Crippen molar-refractivity contribution in [3.8, 4) is 0 Å². The Hall–Kier alpha value is -2.38. The molecule has 2 aromatic rings. The highest BCUT2D eigenvalue weighted by atomic mass is 35.5. The molecular weight excluding hydrogens is 316 g/mol. The van der Waals surface area contributed by atoms with E-state index in [-0.39, 0.29) is 5.78 Å². The SMILES string of the molecule is Cc1cccc(/C=C/C(Cl)=C/C(=O)/C=C/c2ccc(C)c(C)c2)c1. The fraction of sp³-hybridized carbons (Fsp3) is 0.136. The molecule has 0 radical (unpaired) electrons. The van der Waals surface area contributed by atoms with Crippen LogP contribution < -0.4 is 0 Å². The number of hydrogen-bond donors (Lipinski definition) is 0. The molecule has 0 bridgehead atoms. The molecule has 24 heavy (non-hydrogen) atoms. The maximum Gasteiger partial charge on any atom is 0.180 e. The first-order chi connectivity index (χ1) is 11.4. The third kappa shape index (κ3) is 5.68. The third-order valence-corrected chi connectivity index (χ3v) is 3.96. The van der Waals surface area contributed by atoms with Crippen molar-refractivity contribution in [3.63, 3.8) is 0 Å². The smallest absolute Gasteiger partial charge is 0.180 e. The maximum absolute atomic E-state index is 12.0. The molecule has 0 fully saturated rings. The zero-order chi connectivity index (χ0) is 17.5. The summed E-state index contributed by atoms with van der Waals surface area (Å²) in [6.07, 6.45) is 8.39. The van der Waals surface area contributed by atoms with E-state index in [0.717, 1.165) is 11.1 Å². The summed E-state index contributed by atoms with van der Waals surface area (Å²) in [5, 5.41) is 0.409. The molecule has 122 valence electrons. The Morgan fingerprint density at radius 1 is 0.875 bits per heavy atom. The molecule has 0 aromatic heterocycles.